The van der Waals surface area contributed by atoms with Crippen molar-refractivity contribution in [2.75, 3.05) is 19.5 Å². The second kappa shape index (κ2) is 6.09. The van der Waals surface area contributed by atoms with Crippen molar-refractivity contribution in [2.24, 2.45) is 11.3 Å². The summed E-state index contributed by atoms with van der Waals surface area (Å²) >= 11 is 0. The number of fused-ring (bicyclic) bond motifs is 2. The number of hydrogen-bond donors (Lipinski definition) is 1. The molecule has 6 nitrogen and oxygen atoms in total. The lowest BCUT2D eigenvalue weighted by Crippen LogP contribution is -2.68. The molecule has 3 fully saturated rings. The maximum atomic E-state index is 12.3. The first-order valence-corrected chi connectivity index (χ1v) is 9.82. The summed E-state index contributed by atoms with van der Waals surface area (Å²) in [6, 6.07) is 0.0191. The summed E-state index contributed by atoms with van der Waals surface area (Å²) in [6.45, 7) is 0.748. The number of hydrogen-bond acceptors (Lipinski definition) is 5. The molecule has 126 valence electrons. The van der Waals surface area contributed by atoms with E-state index in [-0.39, 0.29) is 35.7 Å². The first kappa shape index (κ1) is 16.2. The van der Waals surface area contributed by atoms with Crippen molar-refractivity contribution in [2.45, 2.75) is 57.1 Å². The topological polar surface area (TPSA) is 81.7 Å². The Balaban J connectivity index is 1.60. The van der Waals surface area contributed by atoms with Crippen LogP contribution in [-0.2, 0) is 24.3 Å². The standard InChI is InChI=1S/C15H25NO5S/c1-20-12(17)5-4-10-22(18,19)16-13-11-6-9-21-14(11)15(13)7-2-3-8-15/h11,13-14,16H,2-10H2,1H3/t11-,13+,14-/m0/s1. The lowest BCUT2D eigenvalue weighted by atomic mass is 9.55. The molecule has 0 aromatic rings. The largest absolute Gasteiger partial charge is 0.469 e. The summed E-state index contributed by atoms with van der Waals surface area (Å²) in [5.41, 5.74) is 0.0244. The lowest BCUT2D eigenvalue weighted by Gasteiger charge is -2.56. The highest BCUT2D eigenvalue weighted by Crippen LogP contribution is 2.60. The minimum Gasteiger partial charge on any atom is -0.469 e. The van der Waals surface area contributed by atoms with E-state index in [2.05, 4.69) is 9.46 Å². The molecular weight excluding hydrogens is 306 g/mol. The molecule has 1 saturated heterocycles. The minimum absolute atomic E-state index is 0.0191. The van der Waals surface area contributed by atoms with Gasteiger partial charge in [0.05, 0.1) is 19.0 Å². The van der Waals surface area contributed by atoms with E-state index in [1.54, 1.807) is 0 Å². The molecule has 1 spiro atoms. The van der Waals surface area contributed by atoms with E-state index in [4.69, 9.17) is 4.74 Å². The summed E-state index contributed by atoms with van der Waals surface area (Å²) in [7, 11) is -2.05. The van der Waals surface area contributed by atoms with E-state index in [0.717, 1.165) is 38.7 Å². The number of sulfonamides is 1. The van der Waals surface area contributed by atoms with Gasteiger partial charge in [-0.2, -0.15) is 0 Å². The smallest absolute Gasteiger partial charge is 0.305 e. The molecule has 2 saturated carbocycles. The van der Waals surface area contributed by atoms with E-state index >= 15 is 0 Å². The Labute approximate surface area is 132 Å². The summed E-state index contributed by atoms with van der Waals surface area (Å²) in [6.07, 6.45) is 6.07. The molecule has 0 aromatic carbocycles. The Morgan fingerprint density at radius 1 is 1.36 bits per heavy atom. The highest BCUT2D eigenvalue weighted by atomic mass is 32.2. The van der Waals surface area contributed by atoms with Crippen molar-refractivity contribution in [3.63, 3.8) is 0 Å². The Morgan fingerprint density at radius 3 is 2.77 bits per heavy atom. The highest BCUT2D eigenvalue weighted by Gasteiger charge is 2.65. The molecule has 1 heterocycles. The monoisotopic (exact) mass is 331 g/mol. The Bertz CT molecular complexity index is 526. The number of nitrogens with one attached hydrogen (secondary N) is 1. The highest BCUT2D eigenvalue weighted by molar-refractivity contribution is 7.89. The second-order valence-corrected chi connectivity index (χ2v) is 8.65. The number of methoxy groups -OCH3 is 1. The van der Waals surface area contributed by atoms with Crippen LogP contribution in [0, 0.1) is 11.3 Å². The maximum absolute atomic E-state index is 12.3. The van der Waals surface area contributed by atoms with Crippen LogP contribution in [0.5, 0.6) is 0 Å². The van der Waals surface area contributed by atoms with Crippen LogP contribution < -0.4 is 4.72 Å². The number of esters is 1. The van der Waals surface area contributed by atoms with Crippen molar-refractivity contribution in [1.82, 2.24) is 4.72 Å². The Hall–Kier alpha value is -0.660. The zero-order chi connectivity index (χ0) is 15.8. The average Bonchev–Trinajstić information content (AvgIpc) is 3.13. The molecule has 0 bridgehead atoms. The number of ether oxygens (including phenoxy) is 2. The molecule has 1 N–H and O–H groups in total. The van der Waals surface area contributed by atoms with E-state index in [1.807, 2.05) is 0 Å². The summed E-state index contributed by atoms with van der Waals surface area (Å²) in [5.74, 6) is -0.0590. The zero-order valence-corrected chi connectivity index (χ0v) is 13.9. The zero-order valence-electron chi connectivity index (χ0n) is 13.0. The van der Waals surface area contributed by atoms with Crippen LogP contribution in [0.2, 0.25) is 0 Å². The second-order valence-electron chi connectivity index (χ2n) is 6.78. The van der Waals surface area contributed by atoms with Crippen LogP contribution in [0.3, 0.4) is 0 Å². The van der Waals surface area contributed by atoms with Crippen LogP contribution in [0.25, 0.3) is 0 Å². The fourth-order valence-electron chi connectivity index (χ4n) is 4.62. The molecule has 1 aliphatic heterocycles. The SMILES string of the molecule is COC(=O)CCCS(=O)(=O)N[C@@H]1[C@@H]2CCO[C@@H]2C12CCCC2. The van der Waals surface area contributed by atoms with Gasteiger partial charge in [-0.25, -0.2) is 13.1 Å². The number of carbonyl (C=O) groups excluding carboxylic acids is 1. The third kappa shape index (κ3) is 2.78. The van der Waals surface area contributed by atoms with Gasteiger partial charge < -0.3 is 9.47 Å². The first-order valence-electron chi connectivity index (χ1n) is 8.17. The van der Waals surface area contributed by atoms with Crippen LogP contribution in [0.1, 0.15) is 44.9 Å². The molecule has 0 unspecified atom stereocenters. The van der Waals surface area contributed by atoms with Gasteiger partial charge in [0, 0.05) is 30.4 Å². The maximum Gasteiger partial charge on any atom is 0.305 e. The molecule has 0 amide bonds. The molecule has 0 aromatic heterocycles. The summed E-state index contributed by atoms with van der Waals surface area (Å²) < 4.78 is 38.0. The fraction of sp³-hybridized carbons (Fsp3) is 0.933. The van der Waals surface area contributed by atoms with Gasteiger partial charge in [0.2, 0.25) is 10.0 Å². The Kier molecular flexibility index (Phi) is 4.49. The minimum atomic E-state index is -3.36. The van der Waals surface area contributed by atoms with Crippen molar-refractivity contribution >= 4 is 16.0 Å². The van der Waals surface area contributed by atoms with Crippen LogP contribution >= 0.6 is 0 Å². The van der Waals surface area contributed by atoms with E-state index in [0.29, 0.717) is 12.3 Å². The molecule has 3 aliphatic rings. The molecular formula is C15H25NO5S. The van der Waals surface area contributed by atoms with E-state index in [9.17, 15) is 13.2 Å². The van der Waals surface area contributed by atoms with Crippen molar-refractivity contribution in [3.8, 4) is 0 Å². The van der Waals surface area contributed by atoms with Gasteiger partial charge in [-0.15, -0.1) is 0 Å². The average molecular weight is 331 g/mol. The van der Waals surface area contributed by atoms with Gasteiger partial charge in [-0.3, -0.25) is 4.79 Å². The Morgan fingerprint density at radius 2 is 2.09 bits per heavy atom. The fourth-order valence-corrected chi connectivity index (χ4v) is 6.06. The predicted octanol–water partition coefficient (Wildman–Crippen LogP) is 1.21. The van der Waals surface area contributed by atoms with Gasteiger partial charge in [0.15, 0.2) is 0 Å². The van der Waals surface area contributed by atoms with Crippen molar-refractivity contribution in [1.29, 1.82) is 0 Å². The third-order valence-electron chi connectivity index (χ3n) is 5.61. The van der Waals surface area contributed by atoms with Crippen LogP contribution in [0.15, 0.2) is 0 Å². The van der Waals surface area contributed by atoms with Crippen molar-refractivity contribution < 1.29 is 22.7 Å². The quantitative estimate of drug-likeness (QED) is 0.740. The molecule has 7 heteroatoms. The summed E-state index contributed by atoms with van der Waals surface area (Å²) in [4.78, 5) is 11.1. The molecule has 2 aliphatic carbocycles. The van der Waals surface area contributed by atoms with Crippen molar-refractivity contribution in [3.05, 3.63) is 0 Å². The number of carbonyl (C=O) groups is 1. The molecule has 3 atom stereocenters. The third-order valence-corrected chi connectivity index (χ3v) is 7.05. The molecule has 22 heavy (non-hydrogen) atoms. The first-order chi connectivity index (χ1) is 10.5. The van der Waals surface area contributed by atoms with Gasteiger partial charge in [0.25, 0.3) is 0 Å². The molecule has 3 rings (SSSR count). The number of rotatable bonds is 6. The predicted molar refractivity (Wildman–Crippen MR) is 80.7 cm³/mol. The van der Waals surface area contributed by atoms with Gasteiger partial charge in [0.1, 0.15) is 0 Å². The van der Waals surface area contributed by atoms with E-state index < -0.39 is 10.0 Å². The van der Waals surface area contributed by atoms with Gasteiger partial charge >= 0.3 is 5.97 Å². The van der Waals surface area contributed by atoms with Crippen LogP contribution in [0.4, 0.5) is 0 Å². The molecule has 0 radical (unpaired) electrons. The van der Waals surface area contributed by atoms with Crippen LogP contribution in [-0.4, -0.2) is 46.0 Å². The summed E-state index contributed by atoms with van der Waals surface area (Å²) in [5, 5.41) is 0. The normalized spacial score (nSPS) is 32.7. The van der Waals surface area contributed by atoms with Gasteiger partial charge in [-0.05, 0) is 25.7 Å². The lowest BCUT2D eigenvalue weighted by molar-refractivity contribution is -0.140. The van der Waals surface area contributed by atoms with E-state index in [1.165, 1.54) is 7.11 Å². The van der Waals surface area contributed by atoms with Gasteiger partial charge in [-0.1, -0.05) is 12.8 Å².